The maximum Gasteiger partial charge on any atom is 0.469 e. The highest BCUT2D eigenvalue weighted by Crippen LogP contribution is 2.35. The molecule has 0 bridgehead atoms. The molecule has 6 heteroatoms. The highest BCUT2D eigenvalue weighted by molar-refractivity contribution is 7.46. The summed E-state index contributed by atoms with van der Waals surface area (Å²) in [4.78, 5) is 16.7. The van der Waals surface area contributed by atoms with Gasteiger partial charge >= 0.3 is 7.82 Å². The second-order valence-electron chi connectivity index (χ2n) is 3.23. The molecule has 0 atom stereocenters. The molecule has 0 aliphatic heterocycles. The molecule has 5 nitrogen and oxygen atoms in total. The summed E-state index contributed by atoms with van der Waals surface area (Å²) in [6, 6.07) is 0. The highest BCUT2D eigenvalue weighted by Gasteiger charge is 2.12. The van der Waals surface area contributed by atoms with Crippen LogP contribution in [0, 0.1) is 0 Å². The van der Waals surface area contributed by atoms with Crippen molar-refractivity contribution in [2.45, 2.75) is 38.5 Å². The number of hydrogen-bond acceptors (Lipinski definition) is 3. The van der Waals surface area contributed by atoms with Gasteiger partial charge in [0.2, 0.25) is 0 Å². The molecule has 0 aromatic rings. The van der Waals surface area contributed by atoms with Gasteiger partial charge in [0.15, 0.2) is 0 Å². The molecule has 0 radical (unpaired) electrons. The van der Waals surface area contributed by atoms with Crippen molar-refractivity contribution in [3.63, 3.8) is 0 Å². The molecule has 0 heterocycles. The third kappa shape index (κ3) is 12.1. The van der Waals surface area contributed by atoms with Crippen molar-refractivity contribution in [2.75, 3.05) is 13.2 Å². The van der Waals surface area contributed by atoms with Gasteiger partial charge in [-0.3, -0.25) is 4.52 Å². The Morgan fingerprint density at radius 1 is 1.00 bits per heavy atom. The molecule has 86 valence electrons. The number of rotatable bonds is 9. The van der Waals surface area contributed by atoms with Crippen LogP contribution in [-0.2, 0) is 9.09 Å². The van der Waals surface area contributed by atoms with Gasteiger partial charge in [0.1, 0.15) is 0 Å². The van der Waals surface area contributed by atoms with E-state index in [-0.39, 0.29) is 6.61 Å². The molecule has 14 heavy (non-hydrogen) atoms. The largest absolute Gasteiger partial charge is 0.469 e. The van der Waals surface area contributed by atoms with E-state index in [1.807, 2.05) is 0 Å². The fourth-order valence-electron chi connectivity index (χ4n) is 1.14. The lowest BCUT2D eigenvalue weighted by Crippen LogP contribution is -1.97. The summed E-state index contributed by atoms with van der Waals surface area (Å²) < 4.78 is 14.6. The summed E-state index contributed by atoms with van der Waals surface area (Å²) in [5.41, 5.74) is 5.33. The van der Waals surface area contributed by atoms with Crippen molar-refractivity contribution in [1.29, 1.82) is 0 Å². The van der Waals surface area contributed by atoms with Crippen LogP contribution in [0.3, 0.4) is 0 Å². The molecule has 0 aliphatic carbocycles. The second-order valence-corrected chi connectivity index (χ2v) is 4.47. The van der Waals surface area contributed by atoms with Crippen LogP contribution in [0.5, 0.6) is 0 Å². The van der Waals surface area contributed by atoms with Gasteiger partial charge < -0.3 is 15.5 Å². The monoisotopic (exact) mass is 225 g/mol. The van der Waals surface area contributed by atoms with Crippen molar-refractivity contribution >= 4 is 7.82 Å². The Kier molecular flexibility index (Phi) is 8.43. The lowest BCUT2D eigenvalue weighted by Gasteiger charge is -2.04. The molecule has 0 aromatic heterocycles. The third-order valence-electron chi connectivity index (χ3n) is 1.86. The molecule has 0 fully saturated rings. The van der Waals surface area contributed by atoms with Gasteiger partial charge in [0.25, 0.3) is 0 Å². The molecular weight excluding hydrogens is 205 g/mol. The Bertz CT molecular complexity index is 171. The summed E-state index contributed by atoms with van der Waals surface area (Å²) in [7, 11) is -4.25. The minimum atomic E-state index is -4.25. The topological polar surface area (TPSA) is 92.8 Å². The molecule has 0 saturated carbocycles. The minimum Gasteiger partial charge on any atom is -0.330 e. The summed E-state index contributed by atoms with van der Waals surface area (Å²) in [5.74, 6) is 0. The highest BCUT2D eigenvalue weighted by atomic mass is 31.2. The number of nitrogens with two attached hydrogens (primary N) is 1. The summed E-state index contributed by atoms with van der Waals surface area (Å²) in [6.07, 6.45) is 6.05. The van der Waals surface area contributed by atoms with Gasteiger partial charge in [-0.15, -0.1) is 0 Å². The third-order valence-corrected chi connectivity index (χ3v) is 2.38. The summed E-state index contributed by atoms with van der Waals surface area (Å²) in [6.45, 7) is 0.877. The first-order chi connectivity index (χ1) is 6.56. The maximum absolute atomic E-state index is 10.3. The number of phosphoric ester groups is 1. The Labute approximate surface area is 84.9 Å². The zero-order chi connectivity index (χ0) is 10.9. The summed E-state index contributed by atoms with van der Waals surface area (Å²) in [5, 5.41) is 0. The van der Waals surface area contributed by atoms with E-state index in [0.717, 1.165) is 38.6 Å². The molecule has 0 rings (SSSR count). The lowest BCUT2D eigenvalue weighted by molar-refractivity contribution is 0.193. The lowest BCUT2D eigenvalue weighted by atomic mass is 10.1. The van der Waals surface area contributed by atoms with E-state index in [4.69, 9.17) is 15.5 Å². The van der Waals surface area contributed by atoms with E-state index in [9.17, 15) is 4.57 Å². The maximum atomic E-state index is 10.3. The van der Waals surface area contributed by atoms with Crippen molar-refractivity contribution in [3.8, 4) is 0 Å². The molecule has 0 unspecified atom stereocenters. The average Bonchev–Trinajstić information content (AvgIpc) is 2.08. The van der Waals surface area contributed by atoms with Crippen molar-refractivity contribution in [3.05, 3.63) is 0 Å². The smallest absolute Gasteiger partial charge is 0.330 e. The zero-order valence-corrected chi connectivity index (χ0v) is 9.29. The van der Waals surface area contributed by atoms with Crippen LogP contribution in [0.1, 0.15) is 38.5 Å². The van der Waals surface area contributed by atoms with E-state index in [1.54, 1.807) is 0 Å². The molecule has 0 amide bonds. The fourth-order valence-corrected chi connectivity index (χ4v) is 1.50. The first kappa shape index (κ1) is 14.1. The van der Waals surface area contributed by atoms with Gasteiger partial charge in [0.05, 0.1) is 6.61 Å². The van der Waals surface area contributed by atoms with Crippen molar-refractivity contribution in [2.24, 2.45) is 5.73 Å². The van der Waals surface area contributed by atoms with Crippen LogP contribution in [0.25, 0.3) is 0 Å². The van der Waals surface area contributed by atoms with E-state index < -0.39 is 7.82 Å². The SMILES string of the molecule is NCCCCCCCCOP(=O)(O)O. The molecule has 0 aliphatic rings. The minimum absolute atomic E-state index is 0.140. The van der Waals surface area contributed by atoms with Crippen molar-refractivity contribution in [1.82, 2.24) is 0 Å². The fraction of sp³-hybridized carbons (Fsp3) is 1.00. The average molecular weight is 225 g/mol. The van der Waals surface area contributed by atoms with Crippen LogP contribution < -0.4 is 5.73 Å². The molecule has 0 saturated heterocycles. The second kappa shape index (κ2) is 8.38. The van der Waals surface area contributed by atoms with Gasteiger partial charge in [-0.2, -0.15) is 0 Å². The predicted octanol–water partition coefficient (Wildman–Crippen LogP) is 1.40. The molecule has 0 aromatic carbocycles. The number of unbranched alkanes of at least 4 members (excludes halogenated alkanes) is 5. The van der Waals surface area contributed by atoms with Crippen molar-refractivity contribution < 1.29 is 18.9 Å². The quantitative estimate of drug-likeness (QED) is 0.407. The van der Waals surface area contributed by atoms with Crippen LogP contribution in [0.2, 0.25) is 0 Å². The van der Waals surface area contributed by atoms with Gasteiger partial charge in [-0.1, -0.05) is 25.7 Å². The Balaban J connectivity index is 3.03. The van der Waals surface area contributed by atoms with E-state index in [1.165, 1.54) is 0 Å². The van der Waals surface area contributed by atoms with E-state index in [0.29, 0.717) is 6.42 Å². The molecule has 0 spiro atoms. The van der Waals surface area contributed by atoms with Gasteiger partial charge in [-0.25, -0.2) is 4.57 Å². The number of hydrogen-bond donors (Lipinski definition) is 3. The normalized spacial score (nSPS) is 11.9. The Hall–Kier alpha value is 0.0700. The Morgan fingerprint density at radius 2 is 1.50 bits per heavy atom. The predicted molar refractivity (Wildman–Crippen MR) is 54.8 cm³/mol. The van der Waals surface area contributed by atoms with Gasteiger partial charge in [0, 0.05) is 0 Å². The van der Waals surface area contributed by atoms with E-state index in [2.05, 4.69) is 4.52 Å². The first-order valence-corrected chi connectivity index (χ1v) is 6.49. The Morgan fingerprint density at radius 3 is 2.00 bits per heavy atom. The van der Waals surface area contributed by atoms with Crippen LogP contribution >= 0.6 is 7.82 Å². The van der Waals surface area contributed by atoms with Crippen LogP contribution in [-0.4, -0.2) is 22.9 Å². The van der Waals surface area contributed by atoms with Gasteiger partial charge in [-0.05, 0) is 19.4 Å². The van der Waals surface area contributed by atoms with Crippen LogP contribution in [0.4, 0.5) is 0 Å². The summed E-state index contributed by atoms with van der Waals surface area (Å²) >= 11 is 0. The molecule has 4 N–H and O–H groups in total. The van der Waals surface area contributed by atoms with E-state index >= 15 is 0 Å². The zero-order valence-electron chi connectivity index (χ0n) is 8.39. The number of phosphoric acid groups is 1. The first-order valence-electron chi connectivity index (χ1n) is 4.96. The van der Waals surface area contributed by atoms with Crippen LogP contribution in [0.15, 0.2) is 0 Å². The molecular formula is C8H20NO4P. The standard InChI is InChI=1S/C8H20NO4P/c9-7-5-3-1-2-4-6-8-13-14(10,11)12/h1-9H2,(H2,10,11,12).